The molecule has 0 aromatic rings. The maximum absolute atomic E-state index is 2.56. The van der Waals surface area contributed by atoms with Gasteiger partial charge in [-0.05, 0) is 31.6 Å². The molecule has 0 saturated carbocycles. The van der Waals surface area contributed by atoms with Crippen LogP contribution in [0.3, 0.4) is 0 Å². The predicted octanol–water partition coefficient (Wildman–Crippen LogP) is 4.08. The lowest BCUT2D eigenvalue weighted by atomic mass is 9.65. The second-order valence-corrected chi connectivity index (χ2v) is 7.62. The molecule has 0 aromatic heterocycles. The first-order chi connectivity index (χ1) is 7.89. The van der Waals surface area contributed by atoms with Crippen LogP contribution in [0.1, 0.15) is 60.3 Å². The maximum atomic E-state index is 2.56. The van der Waals surface area contributed by atoms with Crippen molar-refractivity contribution in [1.82, 2.24) is 0 Å². The lowest BCUT2D eigenvalue weighted by Crippen LogP contribution is -2.52. The van der Waals surface area contributed by atoms with E-state index >= 15 is 0 Å². The summed E-state index contributed by atoms with van der Waals surface area (Å²) < 4.78 is 1.44. The van der Waals surface area contributed by atoms with Crippen molar-refractivity contribution >= 4 is 0 Å². The van der Waals surface area contributed by atoms with Gasteiger partial charge in [0.05, 0.1) is 26.2 Å². The Morgan fingerprint density at radius 1 is 0.941 bits per heavy atom. The Morgan fingerprint density at radius 3 is 1.71 bits per heavy atom. The number of quaternary nitrogens is 1. The zero-order valence-electron chi connectivity index (χ0n) is 12.7. The number of hydrogen-bond acceptors (Lipinski definition) is 0. The zero-order chi connectivity index (χ0) is 12.7. The second-order valence-electron chi connectivity index (χ2n) is 7.62. The Bertz CT molecular complexity index is 257. The predicted molar refractivity (Wildman–Crippen MR) is 74.9 cm³/mol. The highest BCUT2D eigenvalue weighted by molar-refractivity contribution is 4.96. The van der Waals surface area contributed by atoms with E-state index < -0.39 is 0 Å². The third-order valence-electron chi connectivity index (χ3n) is 6.58. The highest BCUT2D eigenvalue weighted by Crippen LogP contribution is 2.54. The van der Waals surface area contributed by atoms with E-state index in [0.717, 1.165) is 5.92 Å². The van der Waals surface area contributed by atoms with Crippen LogP contribution in [0.5, 0.6) is 0 Å². The highest BCUT2D eigenvalue weighted by atomic mass is 15.4. The SMILES string of the molecule is CCC1(C)C[N+]2(CCC(C)CC2)CC1(C)CC. The van der Waals surface area contributed by atoms with Crippen molar-refractivity contribution in [2.75, 3.05) is 26.2 Å². The summed E-state index contributed by atoms with van der Waals surface area (Å²) >= 11 is 0. The molecule has 1 heteroatoms. The first-order valence-electron chi connectivity index (χ1n) is 7.74. The van der Waals surface area contributed by atoms with Crippen molar-refractivity contribution in [3.63, 3.8) is 0 Å². The van der Waals surface area contributed by atoms with Crippen molar-refractivity contribution in [1.29, 1.82) is 0 Å². The Balaban J connectivity index is 2.20. The fourth-order valence-corrected chi connectivity index (χ4v) is 4.56. The summed E-state index contributed by atoms with van der Waals surface area (Å²) in [6.07, 6.45) is 5.62. The smallest absolute Gasteiger partial charge is 0.0848 e. The summed E-state index contributed by atoms with van der Waals surface area (Å²) in [5.74, 6) is 0.972. The molecule has 1 spiro atoms. The van der Waals surface area contributed by atoms with Crippen molar-refractivity contribution in [3.05, 3.63) is 0 Å². The van der Waals surface area contributed by atoms with Gasteiger partial charge in [-0.1, -0.05) is 34.6 Å². The van der Waals surface area contributed by atoms with Gasteiger partial charge >= 0.3 is 0 Å². The molecule has 2 aliphatic heterocycles. The van der Waals surface area contributed by atoms with Crippen LogP contribution in [-0.4, -0.2) is 30.7 Å². The van der Waals surface area contributed by atoms with Crippen molar-refractivity contribution < 1.29 is 4.48 Å². The average molecular weight is 238 g/mol. The van der Waals surface area contributed by atoms with E-state index in [4.69, 9.17) is 0 Å². The molecule has 0 radical (unpaired) electrons. The zero-order valence-corrected chi connectivity index (χ0v) is 12.7. The summed E-state index contributed by atoms with van der Waals surface area (Å²) in [5, 5.41) is 0. The average Bonchev–Trinajstić information content (AvgIpc) is 2.54. The third kappa shape index (κ3) is 2.05. The van der Waals surface area contributed by atoms with Gasteiger partial charge in [0.25, 0.3) is 0 Å². The standard InChI is InChI=1S/C16H32N/c1-6-15(4)12-17(13-16(15,5)7-2)10-8-14(3)9-11-17/h14H,6-13H2,1-5H3/q+1. The van der Waals surface area contributed by atoms with Gasteiger partial charge in [0.1, 0.15) is 0 Å². The molecular formula is C16H32N+. The third-order valence-corrected chi connectivity index (χ3v) is 6.58. The number of nitrogens with zero attached hydrogens (tertiary/aromatic N) is 1. The molecule has 0 bridgehead atoms. The lowest BCUT2D eigenvalue weighted by Gasteiger charge is -2.41. The lowest BCUT2D eigenvalue weighted by molar-refractivity contribution is -0.927. The number of hydrogen-bond donors (Lipinski definition) is 0. The summed E-state index contributed by atoms with van der Waals surface area (Å²) in [6, 6.07) is 0. The van der Waals surface area contributed by atoms with E-state index in [2.05, 4.69) is 34.6 Å². The normalized spacial score (nSPS) is 51.0. The van der Waals surface area contributed by atoms with E-state index in [0.29, 0.717) is 10.8 Å². The van der Waals surface area contributed by atoms with Crippen molar-refractivity contribution in [2.45, 2.75) is 60.3 Å². The van der Waals surface area contributed by atoms with E-state index in [1.54, 1.807) is 0 Å². The molecule has 2 saturated heterocycles. The van der Waals surface area contributed by atoms with Gasteiger partial charge in [-0.3, -0.25) is 0 Å². The molecule has 2 atom stereocenters. The van der Waals surface area contributed by atoms with Crippen LogP contribution in [0.15, 0.2) is 0 Å². The van der Waals surface area contributed by atoms with E-state index in [1.165, 1.54) is 56.3 Å². The minimum Gasteiger partial charge on any atom is -0.323 e. The maximum Gasteiger partial charge on any atom is 0.0848 e. The molecule has 2 aliphatic rings. The van der Waals surface area contributed by atoms with Crippen LogP contribution in [0.2, 0.25) is 0 Å². The summed E-state index contributed by atoms with van der Waals surface area (Å²) in [4.78, 5) is 0. The molecule has 2 rings (SSSR count). The van der Waals surface area contributed by atoms with Gasteiger partial charge in [0.15, 0.2) is 0 Å². The molecule has 2 unspecified atom stereocenters. The minimum atomic E-state index is 0.572. The van der Waals surface area contributed by atoms with Crippen molar-refractivity contribution in [2.24, 2.45) is 16.7 Å². The minimum absolute atomic E-state index is 0.572. The molecule has 17 heavy (non-hydrogen) atoms. The Kier molecular flexibility index (Phi) is 3.36. The van der Waals surface area contributed by atoms with Crippen molar-refractivity contribution in [3.8, 4) is 0 Å². The van der Waals surface area contributed by atoms with Gasteiger partial charge in [-0.25, -0.2) is 0 Å². The number of rotatable bonds is 2. The quantitative estimate of drug-likeness (QED) is 0.636. The van der Waals surface area contributed by atoms with Gasteiger partial charge < -0.3 is 4.48 Å². The molecule has 0 N–H and O–H groups in total. The summed E-state index contributed by atoms with van der Waals surface area (Å²) in [7, 11) is 0. The molecule has 1 nitrogen and oxygen atoms in total. The Hall–Kier alpha value is -0.0400. The first-order valence-corrected chi connectivity index (χ1v) is 7.74. The fourth-order valence-electron chi connectivity index (χ4n) is 4.56. The van der Waals surface area contributed by atoms with Crippen LogP contribution in [0.4, 0.5) is 0 Å². The van der Waals surface area contributed by atoms with Gasteiger partial charge in [-0.15, -0.1) is 0 Å². The molecular weight excluding hydrogens is 206 g/mol. The van der Waals surface area contributed by atoms with Crippen LogP contribution in [0, 0.1) is 16.7 Å². The molecule has 100 valence electrons. The van der Waals surface area contributed by atoms with E-state index in [1.807, 2.05) is 0 Å². The molecule has 0 aromatic carbocycles. The van der Waals surface area contributed by atoms with Gasteiger partial charge in [0.2, 0.25) is 0 Å². The molecule has 2 fully saturated rings. The topological polar surface area (TPSA) is 0 Å². The van der Waals surface area contributed by atoms with Gasteiger partial charge in [-0.2, -0.15) is 0 Å². The van der Waals surface area contributed by atoms with Crippen LogP contribution >= 0.6 is 0 Å². The second kappa shape index (κ2) is 4.26. The highest BCUT2D eigenvalue weighted by Gasteiger charge is 2.58. The molecule has 0 aliphatic carbocycles. The van der Waals surface area contributed by atoms with E-state index in [-0.39, 0.29) is 0 Å². The van der Waals surface area contributed by atoms with Crippen LogP contribution < -0.4 is 0 Å². The fraction of sp³-hybridized carbons (Fsp3) is 1.00. The van der Waals surface area contributed by atoms with Gasteiger partial charge in [0, 0.05) is 10.8 Å². The largest absolute Gasteiger partial charge is 0.323 e. The molecule has 0 amide bonds. The monoisotopic (exact) mass is 238 g/mol. The first kappa shape index (κ1) is 13.4. The van der Waals surface area contributed by atoms with Crippen LogP contribution in [-0.2, 0) is 0 Å². The van der Waals surface area contributed by atoms with E-state index in [9.17, 15) is 0 Å². The Morgan fingerprint density at radius 2 is 1.35 bits per heavy atom. The summed E-state index contributed by atoms with van der Waals surface area (Å²) in [6.45, 7) is 18.2. The van der Waals surface area contributed by atoms with Crippen LogP contribution in [0.25, 0.3) is 0 Å². The number of piperidine rings is 1. The Labute approximate surface area is 108 Å². The summed E-state index contributed by atoms with van der Waals surface area (Å²) in [5.41, 5.74) is 1.14. The molecule has 2 heterocycles.